The lowest BCUT2D eigenvalue weighted by Gasteiger charge is -2.20. The molecule has 1 aromatic carbocycles. The average Bonchev–Trinajstić information content (AvgIpc) is 2.89. The van der Waals surface area contributed by atoms with Crippen LogP contribution < -0.4 is 5.32 Å². The lowest BCUT2D eigenvalue weighted by atomic mass is 10.0. The van der Waals surface area contributed by atoms with Gasteiger partial charge in [0.2, 0.25) is 0 Å². The molecule has 4 nitrogen and oxygen atoms in total. The molecule has 1 aliphatic rings. The van der Waals surface area contributed by atoms with Gasteiger partial charge in [-0.2, -0.15) is 0 Å². The summed E-state index contributed by atoms with van der Waals surface area (Å²) in [6.45, 7) is 0.504. The van der Waals surface area contributed by atoms with Crippen LogP contribution >= 0.6 is 0 Å². The van der Waals surface area contributed by atoms with E-state index in [-0.39, 0.29) is 0 Å². The first-order chi connectivity index (χ1) is 9.20. The number of hydrogen-bond acceptors (Lipinski definition) is 3. The smallest absolute Gasteiger partial charge is 0.325 e. The van der Waals surface area contributed by atoms with Crippen LogP contribution in [0.1, 0.15) is 42.9 Å². The zero-order valence-corrected chi connectivity index (χ0v) is 11.3. The number of carbonyl (C=O) groups is 1. The molecule has 1 atom stereocenters. The molecule has 4 heteroatoms. The van der Waals surface area contributed by atoms with E-state index in [4.69, 9.17) is 4.74 Å². The summed E-state index contributed by atoms with van der Waals surface area (Å²) in [7, 11) is 1.64. The number of carboxylic acids is 1. The van der Waals surface area contributed by atoms with Crippen molar-refractivity contribution in [3.8, 4) is 0 Å². The zero-order valence-electron chi connectivity index (χ0n) is 11.3. The van der Waals surface area contributed by atoms with Crippen molar-refractivity contribution in [1.29, 1.82) is 0 Å². The Hall–Kier alpha value is -1.39. The Balaban J connectivity index is 2.13. The molecule has 0 heterocycles. The zero-order chi connectivity index (χ0) is 13.7. The predicted octanol–water partition coefficient (Wildman–Crippen LogP) is 2.49. The van der Waals surface area contributed by atoms with Gasteiger partial charge in [0.15, 0.2) is 0 Å². The van der Waals surface area contributed by atoms with Crippen LogP contribution in [0.3, 0.4) is 0 Å². The SMILES string of the molecule is COCc1cccc(C(NC2CCCC2)C(=O)O)c1. The van der Waals surface area contributed by atoms with E-state index in [1.165, 1.54) is 12.8 Å². The maximum absolute atomic E-state index is 11.5. The first-order valence-electron chi connectivity index (χ1n) is 6.77. The Morgan fingerprint density at radius 3 is 2.84 bits per heavy atom. The number of hydrogen-bond donors (Lipinski definition) is 2. The van der Waals surface area contributed by atoms with Crippen LogP contribution in [-0.4, -0.2) is 24.2 Å². The monoisotopic (exact) mass is 263 g/mol. The quantitative estimate of drug-likeness (QED) is 0.828. The fourth-order valence-electron chi connectivity index (χ4n) is 2.67. The molecule has 0 amide bonds. The van der Waals surface area contributed by atoms with Gasteiger partial charge < -0.3 is 9.84 Å². The first-order valence-corrected chi connectivity index (χ1v) is 6.77. The summed E-state index contributed by atoms with van der Waals surface area (Å²) in [6, 6.07) is 7.30. The first kappa shape index (κ1) is 14.0. The highest BCUT2D eigenvalue weighted by Gasteiger charge is 2.25. The van der Waals surface area contributed by atoms with Gasteiger partial charge >= 0.3 is 5.97 Å². The Bertz CT molecular complexity index is 427. The molecule has 2 rings (SSSR count). The highest BCUT2D eigenvalue weighted by Crippen LogP contribution is 2.23. The van der Waals surface area contributed by atoms with Gasteiger partial charge in [-0.1, -0.05) is 37.1 Å². The standard InChI is InChI=1S/C15H21NO3/c1-19-10-11-5-4-6-12(9-11)14(15(17)18)16-13-7-2-3-8-13/h4-6,9,13-14,16H,2-3,7-8,10H2,1H3,(H,17,18). The van der Waals surface area contributed by atoms with E-state index in [0.29, 0.717) is 12.6 Å². The third-order valence-electron chi connectivity index (χ3n) is 3.60. The second-order valence-electron chi connectivity index (χ2n) is 5.10. The molecule has 0 radical (unpaired) electrons. The largest absolute Gasteiger partial charge is 0.480 e. The van der Waals surface area contributed by atoms with Crippen molar-refractivity contribution in [2.75, 3.05) is 7.11 Å². The van der Waals surface area contributed by atoms with Gasteiger partial charge in [0, 0.05) is 13.2 Å². The van der Waals surface area contributed by atoms with Gasteiger partial charge in [-0.15, -0.1) is 0 Å². The number of methoxy groups -OCH3 is 1. The fourth-order valence-corrected chi connectivity index (χ4v) is 2.67. The molecule has 0 spiro atoms. The molecule has 0 aliphatic heterocycles. The van der Waals surface area contributed by atoms with Gasteiger partial charge in [0.05, 0.1) is 6.61 Å². The van der Waals surface area contributed by atoms with E-state index in [0.717, 1.165) is 24.0 Å². The third-order valence-corrected chi connectivity index (χ3v) is 3.60. The topological polar surface area (TPSA) is 58.6 Å². The molecule has 1 unspecified atom stereocenters. The van der Waals surface area contributed by atoms with Crippen LogP contribution in [0.2, 0.25) is 0 Å². The fraction of sp³-hybridized carbons (Fsp3) is 0.533. The Kier molecular flexibility index (Phi) is 4.93. The van der Waals surface area contributed by atoms with Crippen molar-refractivity contribution in [3.05, 3.63) is 35.4 Å². The minimum Gasteiger partial charge on any atom is -0.480 e. The highest BCUT2D eigenvalue weighted by molar-refractivity contribution is 5.75. The van der Waals surface area contributed by atoms with Gasteiger partial charge in [0.25, 0.3) is 0 Å². The molecule has 19 heavy (non-hydrogen) atoms. The Morgan fingerprint density at radius 2 is 2.21 bits per heavy atom. The summed E-state index contributed by atoms with van der Waals surface area (Å²) in [5, 5.41) is 12.7. The summed E-state index contributed by atoms with van der Waals surface area (Å²) in [4.78, 5) is 11.5. The molecule has 1 aromatic rings. The van der Waals surface area contributed by atoms with E-state index in [9.17, 15) is 9.90 Å². The summed E-state index contributed by atoms with van der Waals surface area (Å²) >= 11 is 0. The van der Waals surface area contributed by atoms with Gasteiger partial charge in [0.1, 0.15) is 6.04 Å². The maximum atomic E-state index is 11.5. The molecular weight excluding hydrogens is 242 g/mol. The second-order valence-corrected chi connectivity index (χ2v) is 5.10. The molecule has 0 bridgehead atoms. The molecule has 0 saturated heterocycles. The molecular formula is C15H21NO3. The van der Waals surface area contributed by atoms with Crippen LogP contribution in [0.5, 0.6) is 0 Å². The molecule has 1 fully saturated rings. The van der Waals surface area contributed by atoms with Crippen LogP contribution in [-0.2, 0) is 16.1 Å². The Labute approximate surface area is 113 Å². The van der Waals surface area contributed by atoms with Gasteiger partial charge in [-0.3, -0.25) is 10.1 Å². The number of aliphatic carboxylic acids is 1. The summed E-state index contributed by atoms with van der Waals surface area (Å²) in [5.41, 5.74) is 1.80. The van der Waals surface area contributed by atoms with E-state index in [2.05, 4.69) is 5.32 Å². The van der Waals surface area contributed by atoms with Crippen LogP contribution in [0, 0.1) is 0 Å². The van der Waals surface area contributed by atoms with Crippen LogP contribution in [0.25, 0.3) is 0 Å². The van der Waals surface area contributed by atoms with E-state index < -0.39 is 12.0 Å². The van der Waals surface area contributed by atoms with Gasteiger partial charge in [-0.05, 0) is 24.0 Å². The van der Waals surface area contributed by atoms with Crippen molar-refractivity contribution in [3.63, 3.8) is 0 Å². The number of nitrogens with one attached hydrogen (secondary N) is 1. The lowest BCUT2D eigenvalue weighted by Crippen LogP contribution is -2.35. The van der Waals surface area contributed by atoms with E-state index >= 15 is 0 Å². The second kappa shape index (κ2) is 6.68. The number of benzene rings is 1. The van der Waals surface area contributed by atoms with Crippen molar-refractivity contribution < 1.29 is 14.6 Å². The number of rotatable bonds is 6. The summed E-state index contributed by atoms with van der Waals surface area (Å²) in [6.07, 6.45) is 4.52. The summed E-state index contributed by atoms with van der Waals surface area (Å²) < 4.78 is 5.09. The molecule has 2 N–H and O–H groups in total. The van der Waals surface area contributed by atoms with Crippen molar-refractivity contribution in [2.24, 2.45) is 0 Å². The Morgan fingerprint density at radius 1 is 1.47 bits per heavy atom. The molecule has 1 saturated carbocycles. The maximum Gasteiger partial charge on any atom is 0.325 e. The van der Waals surface area contributed by atoms with Crippen molar-refractivity contribution in [1.82, 2.24) is 5.32 Å². The lowest BCUT2D eigenvalue weighted by molar-refractivity contribution is -0.139. The van der Waals surface area contributed by atoms with E-state index in [1.54, 1.807) is 7.11 Å². The normalized spacial score (nSPS) is 17.5. The van der Waals surface area contributed by atoms with Crippen LogP contribution in [0.4, 0.5) is 0 Å². The number of ether oxygens (including phenoxy) is 1. The molecule has 1 aliphatic carbocycles. The van der Waals surface area contributed by atoms with E-state index in [1.807, 2.05) is 24.3 Å². The van der Waals surface area contributed by atoms with Crippen molar-refractivity contribution in [2.45, 2.75) is 44.4 Å². The van der Waals surface area contributed by atoms with Crippen LogP contribution in [0.15, 0.2) is 24.3 Å². The highest BCUT2D eigenvalue weighted by atomic mass is 16.5. The van der Waals surface area contributed by atoms with Crippen molar-refractivity contribution >= 4 is 5.97 Å². The minimum atomic E-state index is -0.818. The van der Waals surface area contributed by atoms with Gasteiger partial charge in [-0.25, -0.2) is 0 Å². The minimum absolute atomic E-state index is 0.326. The summed E-state index contributed by atoms with van der Waals surface area (Å²) in [5.74, 6) is -0.818. The predicted molar refractivity (Wildman–Crippen MR) is 72.9 cm³/mol. The number of carboxylic acid groups (broad SMARTS) is 1. The molecule has 104 valence electrons. The molecule has 0 aromatic heterocycles. The average molecular weight is 263 g/mol. The third kappa shape index (κ3) is 3.78.